The Labute approximate surface area is 191 Å². The zero-order valence-electron chi connectivity index (χ0n) is 18.3. The summed E-state index contributed by atoms with van der Waals surface area (Å²) in [5.74, 6) is 5.38. The van der Waals surface area contributed by atoms with Crippen LogP contribution in [-0.4, -0.2) is 30.8 Å². The number of phenolic OH excluding ortho intramolecular Hbond substituents is 1. The average Bonchev–Trinajstić information content (AvgIpc) is 3.26. The number of aromatic nitrogens is 3. The van der Waals surface area contributed by atoms with Gasteiger partial charge in [0.15, 0.2) is 5.65 Å². The molecule has 2 aromatic heterocycles. The number of aryl methyl sites for hydroxylation is 1. The molecule has 0 amide bonds. The number of hydrogen-bond acceptors (Lipinski definition) is 5. The van der Waals surface area contributed by atoms with E-state index in [1.54, 1.807) is 23.6 Å². The van der Waals surface area contributed by atoms with E-state index in [4.69, 9.17) is 9.84 Å². The molecular formula is C26H23N3O4. The third-order valence-electron chi connectivity index (χ3n) is 5.35. The molecule has 0 saturated heterocycles. The van der Waals surface area contributed by atoms with Crippen molar-refractivity contribution in [3.63, 3.8) is 0 Å². The van der Waals surface area contributed by atoms with Crippen molar-refractivity contribution in [3.8, 4) is 34.5 Å². The van der Waals surface area contributed by atoms with Crippen molar-refractivity contribution >= 4 is 11.6 Å². The number of aliphatic carboxylic acids is 1. The van der Waals surface area contributed by atoms with Crippen LogP contribution in [0, 0.1) is 18.8 Å². The molecule has 2 N–H and O–H groups in total. The third-order valence-corrected chi connectivity index (χ3v) is 5.35. The Balaban J connectivity index is 1.57. The number of carboxylic acid groups (broad SMARTS) is 1. The first kappa shape index (κ1) is 21.9. The number of carboxylic acids is 1. The molecule has 2 heterocycles. The summed E-state index contributed by atoms with van der Waals surface area (Å²) in [4.78, 5) is 15.5. The molecule has 0 aliphatic carbocycles. The number of rotatable bonds is 7. The zero-order chi connectivity index (χ0) is 23.4. The van der Waals surface area contributed by atoms with E-state index in [-0.39, 0.29) is 24.7 Å². The van der Waals surface area contributed by atoms with Crippen molar-refractivity contribution in [2.45, 2.75) is 32.8 Å². The molecule has 7 heteroatoms. The van der Waals surface area contributed by atoms with Gasteiger partial charge < -0.3 is 14.9 Å². The van der Waals surface area contributed by atoms with Gasteiger partial charge in [0.2, 0.25) is 0 Å². The second kappa shape index (κ2) is 9.45. The fourth-order valence-corrected chi connectivity index (χ4v) is 3.78. The molecule has 0 aliphatic rings. The standard InChI is InChI=1S/C26H23N3O4/c1-3-4-19(13-25(31)32)18-5-8-23(9-6-18)33-15-21-12-20(14-29-26(21)27-16-28-29)24-10-7-22(30)11-17(24)2/h5-12,14,16,19,30H,13,15H2,1-2H3,(H,31,32)/t19-/m0/s1. The van der Waals surface area contributed by atoms with E-state index >= 15 is 0 Å². The third kappa shape index (κ3) is 4.96. The molecule has 0 bridgehead atoms. The van der Waals surface area contributed by atoms with Crippen LogP contribution in [0.5, 0.6) is 11.5 Å². The maximum atomic E-state index is 11.1. The summed E-state index contributed by atoms with van der Waals surface area (Å²) >= 11 is 0. The monoisotopic (exact) mass is 441 g/mol. The number of benzene rings is 2. The van der Waals surface area contributed by atoms with Gasteiger partial charge >= 0.3 is 5.97 Å². The number of fused-ring (bicyclic) bond motifs is 1. The van der Waals surface area contributed by atoms with Gasteiger partial charge in [0.05, 0.1) is 12.3 Å². The van der Waals surface area contributed by atoms with E-state index in [2.05, 4.69) is 21.9 Å². The minimum atomic E-state index is -0.885. The first-order valence-electron chi connectivity index (χ1n) is 10.4. The molecular weight excluding hydrogens is 418 g/mol. The van der Waals surface area contributed by atoms with Gasteiger partial charge in [0.1, 0.15) is 24.4 Å². The Morgan fingerprint density at radius 1 is 1.18 bits per heavy atom. The van der Waals surface area contributed by atoms with Crippen LogP contribution in [-0.2, 0) is 11.4 Å². The Morgan fingerprint density at radius 2 is 1.97 bits per heavy atom. The van der Waals surface area contributed by atoms with Gasteiger partial charge in [-0.3, -0.25) is 4.79 Å². The summed E-state index contributed by atoms with van der Waals surface area (Å²) < 4.78 is 7.72. The fourth-order valence-electron chi connectivity index (χ4n) is 3.78. The van der Waals surface area contributed by atoms with E-state index in [0.29, 0.717) is 11.4 Å². The first-order valence-corrected chi connectivity index (χ1v) is 10.4. The van der Waals surface area contributed by atoms with E-state index in [9.17, 15) is 9.90 Å². The second-order valence-corrected chi connectivity index (χ2v) is 7.68. The van der Waals surface area contributed by atoms with Crippen molar-refractivity contribution in [2.24, 2.45) is 0 Å². The number of phenols is 1. The largest absolute Gasteiger partial charge is 0.508 e. The van der Waals surface area contributed by atoms with Crippen LogP contribution in [0.15, 0.2) is 61.1 Å². The summed E-state index contributed by atoms with van der Waals surface area (Å²) in [6, 6.07) is 14.6. The Morgan fingerprint density at radius 3 is 2.67 bits per heavy atom. The second-order valence-electron chi connectivity index (χ2n) is 7.68. The molecule has 0 unspecified atom stereocenters. The quantitative estimate of drug-likeness (QED) is 0.408. The normalized spacial score (nSPS) is 11.6. The van der Waals surface area contributed by atoms with Crippen LogP contribution in [0.2, 0.25) is 0 Å². The molecule has 4 rings (SSSR count). The van der Waals surface area contributed by atoms with Crippen LogP contribution in [0.3, 0.4) is 0 Å². The van der Waals surface area contributed by atoms with E-state index < -0.39 is 5.97 Å². The SMILES string of the molecule is CC#C[C@@H](CC(=O)O)c1ccc(OCc2cc(-c3ccc(O)cc3C)cn3ncnc23)cc1. The highest BCUT2D eigenvalue weighted by Crippen LogP contribution is 2.29. The van der Waals surface area contributed by atoms with Gasteiger partial charge in [-0.1, -0.05) is 24.1 Å². The predicted octanol–water partition coefficient (Wildman–Crippen LogP) is 4.57. The fraction of sp³-hybridized carbons (Fsp3) is 0.192. The highest BCUT2D eigenvalue weighted by Gasteiger charge is 2.14. The molecule has 2 aromatic carbocycles. The maximum Gasteiger partial charge on any atom is 0.304 e. The summed E-state index contributed by atoms with van der Waals surface area (Å²) in [7, 11) is 0. The highest BCUT2D eigenvalue weighted by atomic mass is 16.5. The van der Waals surface area contributed by atoms with Gasteiger partial charge in [-0.25, -0.2) is 9.50 Å². The molecule has 4 aromatic rings. The smallest absolute Gasteiger partial charge is 0.304 e. The summed E-state index contributed by atoms with van der Waals surface area (Å²) in [6.07, 6.45) is 3.35. The lowest BCUT2D eigenvalue weighted by molar-refractivity contribution is -0.137. The number of carbonyl (C=O) groups is 1. The van der Waals surface area contributed by atoms with E-state index in [1.165, 1.54) is 6.33 Å². The molecule has 33 heavy (non-hydrogen) atoms. The molecule has 0 spiro atoms. The molecule has 7 nitrogen and oxygen atoms in total. The Bertz CT molecular complexity index is 1360. The summed E-state index contributed by atoms with van der Waals surface area (Å²) in [6.45, 7) is 3.92. The Kier molecular flexibility index (Phi) is 6.27. The number of pyridine rings is 1. The lowest BCUT2D eigenvalue weighted by atomic mass is 9.96. The van der Waals surface area contributed by atoms with Crippen LogP contribution < -0.4 is 4.74 Å². The summed E-state index contributed by atoms with van der Waals surface area (Å²) in [5, 5.41) is 23.1. The predicted molar refractivity (Wildman–Crippen MR) is 124 cm³/mol. The number of nitrogens with zero attached hydrogens (tertiary/aromatic N) is 3. The molecule has 0 fully saturated rings. The van der Waals surface area contributed by atoms with Crippen LogP contribution in [0.1, 0.15) is 36.0 Å². The highest BCUT2D eigenvalue weighted by molar-refractivity contribution is 5.70. The molecule has 166 valence electrons. The minimum Gasteiger partial charge on any atom is -0.508 e. The van der Waals surface area contributed by atoms with Crippen LogP contribution in [0.4, 0.5) is 0 Å². The molecule has 1 atom stereocenters. The number of aromatic hydroxyl groups is 1. The van der Waals surface area contributed by atoms with Crippen molar-refractivity contribution in [3.05, 3.63) is 77.7 Å². The average molecular weight is 441 g/mol. The first-order chi connectivity index (χ1) is 15.9. The van der Waals surface area contributed by atoms with Crippen LogP contribution in [0.25, 0.3) is 16.8 Å². The van der Waals surface area contributed by atoms with Gasteiger partial charge in [0.25, 0.3) is 0 Å². The number of hydrogen-bond donors (Lipinski definition) is 2. The van der Waals surface area contributed by atoms with Crippen LogP contribution >= 0.6 is 0 Å². The van der Waals surface area contributed by atoms with Gasteiger partial charge in [0, 0.05) is 17.3 Å². The lowest BCUT2D eigenvalue weighted by Crippen LogP contribution is -2.05. The molecule has 0 saturated carbocycles. The molecule has 0 radical (unpaired) electrons. The van der Waals surface area contributed by atoms with Crippen molar-refractivity contribution in [2.75, 3.05) is 0 Å². The zero-order valence-corrected chi connectivity index (χ0v) is 18.3. The van der Waals surface area contributed by atoms with E-state index in [0.717, 1.165) is 27.8 Å². The van der Waals surface area contributed by atoms with E-state index in [1.807, 2.05) is 49.5 Å². The summed E-state index contributed by atoms with van der Waals surface area (Å²) in [5.41, 5.74) is 5.27. The van der Waals surface area contributed by atoms with Crippen molar-refractivity contribution < 1.29 is 19.7 Å². The van der Waals surface area contributed by atoms with Gasteiger partial charge in [-0.15, -0.1) is 5.92 Å². The van der Waals surface area contributed by atoms with Crippen molar-refractivity contribution in [1.29, 1.82) is 0 Å². The topological polar surface area (TPSA) is 97.0 Å². The van der Waals surface area contributed by atoms with Gasteiger partial charge in [-0.2, -0.15) is 5.10 Å². The minimum absolute atomic E-state index is 0.0463. The molecule has 0 aliphatic heterocycles. The number of ether oxygens (including phenoxy) is 1. The van der Waals surface area contributed by atoms with Crippen molar-refractivity contribution in [1.82, 2.24) is 14.6 Å². The van der Waals surface area contributed by atoms with Gasteiger partial charge in [-0.05, 0) is 60.9 Å². The maximum absolute atomic E-state index is 11.1. The Hall–Kier alpha value is -4.31. The lowest BCUT2D eigenvalue weighted by Gasteiger charge is -2.13.